The lowest BCUT2D eigenvalue weighted by molar-refractivity contribution is 0.343. The number of rotatable bonds is 0. The third kappa shape index (κ3) is 0.816. The maximum Gasteiger partial charge on any atom is 0.123 e. The van der Waals surface area contributed by atoms with Crippen molar-refractivity contribution in [2.75, 3.05) is 11.9 Å². The molecule has 0 aromatic heterocycles. The van der Waals surface area contributed by atoms with E-state index in [0.29, 0.717) is 18.2 Å². The first-order chi connectivity index (χ1) is 8.34. The lowest BCUT2D eigenvalue weighted by atomic mass is 9.93. The summed E-state index contributed by atoms with van der Waals surface area (Å²) in [4.78, 5) is 4.83. The third-order valence-corrected chi connectivity index (χ3v) is 4.35. The molecule has 1 aromatic carbocycles. The molecule has 1 fully saturated rings. The average molecular weight is 223 g/mol. The van der Waals surface area contributed by atoms with Crippen LogP contribution in [0.3, 0.4) is 0 Å². The minimum absolute atomic E-state index is 0.466. The molecule has 0 bridgehead atoms. The zero-order valence-corrected chi connectivity index (χ0v) is 9.59. The molecule has 1 aromatic rings. The molecule has 3 unspecified atom stereocenters. The molecule has 4 heterocycles. The van der Waals surface area contributed by atoms with Crippen molar-refractivity contribution >= 4 is 11.8 Å². The molecule has 3 atom stereocenters. The predicted octanol–water partition coefficient (Wildman–Crippen LogP) is 1.66. The van der Waals surface area contributed by atoms with Crippen molar-refractivity contribution in [2.45, 2.75) is 18.2 Å². The van der Waals surface area contributed by atoms with Crippen LogP contribution in [0.25, 0.3) is 6.08 Å². The highest BCUT2D eigenvalue weighted by Gasteiger charge is 2.55. The van der Waals surface area contributed by atoms with Gasteiger partial charge in [-0.05, 0) is 17.2 Å². The number of para-hydroxylation sites is 1. The van der Waals surface area contributed by atoms with Gasteiger partial charge in [0.25, 0.3) is 0 Å². The predicted molar refractivity (Wildman–Crippen MR) is 67.3 cm³/mol. The van der Waals surface area contributed by atoms with Crippen LogP contribution in [0.4, 0.5) is 5.69 Å². The smallest absolute Gasteiger partial charge is 0.123 e. The Hall–Kier alpha value is -1.74. The fourth-order valence-corrected chi connectivity index (χ4v) is 3.59. The van der Waals surface area contributed by atoms with Gasteiger partial charge in [-0.15, -0.1) is 0 Å². The van der Waals surface area contributed by atoms with E-state index >= 15 is 0 Å². The molecule has 3 nitrogen and oxygen atoms in total. The first-order valence-electron chi connectivity index (χ1n) is 6.15. The van der Waals surface area contributed by atoms with Crippen LogP contribution < -0.4 is 10.2 Å². The van der Waals surface area contributed by atoms with Crippen molar-refractivity contribution in [2.24, 2.45) is 0 Å². The van der Waals surface area contributed by atoms with Gasteiger partial charge in [0.1, 0.15) is 6.17 Å². The molecule has 0 spiro atoms. The first kappa shape index (κ1) is 8.37. The molecule has 1 saturated heterocycles. The number of benzene rings is 1. The quantitative estimate of drug-likeness (QED) is 0.678. The molecule has 4 aliphatic heterocycles. The molecule has 84 valence electrons. The van der Waals surface area contributed by atoms with Gasteiger partial charge in [0.05, 0.1) is 23.5 Å². The van der Waals surface area contributed by atoms with Crippen molar-refractivity contribution in [3.05, 3.63) is 47.3 Å². The molecular weight excluding hydrogens is 210 g/mol. The Bertz CT molecular complexity index is 601. The fourth-order valence-electron chi connectivity index (χ4n) is 3.59. The van der Waals surface area contributed by atoms with Gasteiger partial charge in [-0.1, -0.05) is 24.3 Å². The van der Waals surface area contributed by atoms with Crippen LogP contribution in [0.15, 0.2) is 36.2 Å². The number of fused-ring (bicyclic) bond motifs is 3. The fraction of sp³-hybridized carbons (Fsp3) is 0.286. The Balaban J connectivity index is 1.87. The Kier molecular flexibility index (Phi) is 1.19. The molecule has 5 rings (SSSR count). The summed E-state index contributed by atoms with van der Waals surface area (Å²) in [5.74, 6) is 0. The normalized spacial score (nSPS) is 34.4. The van der Waals surface area contributed by atoms with Gasteiger partial charge in [-0.25, -0.2) is 0 Å². The largest absolute Gasteiger partial charge is 0.357 e. The lowest BCUT2D eigenvalue weighted by Crippen LogP contribution is -2.46. The van der Waals surface area contributed by atoms with Gasteiger partial charge < -0.3 is 15.1 Å². The molecule has 1 N–H and O–H groups in total. The van der Waals surface area contributed by atoms with Crippen molar-refractivity contribution < 1.29 is 0 Å². The zero-order chi connectivity index (χ0) is 11.1. The minimum Gasteiger partial charge on any atom is -0.357 e. The summed E-state index contributed by atoms with van der Waals surface area (Å²) in [6.45, 7) is 0. The van der Waals surface area contributed by atoms with Crippen molar-refractivity contribution in [1.82, 2.24) is 10.2 Å². The second-order valence-electron chi connectivity index (χ2n) is 5.29. The highest BCUT2D eigenvalue weighted by Crippen LogP contribution is 2.52. The van der Waals surface area contributed by atoms with Crippen LogP contribution in [-0.4, -0.2) is 24.2 Å². The van der Waals surface area contributed by atoms with Crippen LogP contribution in [0, 0.1) is 0 Å². The van der Waals surface area contributed by atoms with Gasteiger partial charge in [0.2, 0.25) is 0 Å². The van der Waals surface area contributed by atoms with Crippen LogP contribution in [-0.2, 0) is 0 Å². The maximum atomic E-state index is 3.62. The van der Waals surface area contributed by atoms with Gasteiger partial charge in [0, 0.05) is 13.2 Å². The van der Waals surface area contributed by atoms with Crippen LogP contribution >= 0.6 is 0 Å². The van der Waals surface area contributed by atoms with Crippen LogP contribution in [0.1, 0.15) is 17.2 Å². The van der Waals surface area contributed by atoms with Gasteiger partial charge in [-0.2, -0.15) is 0 Å². The molecule has 0 saturated carbocycles. The summed E-state index contributed by atoms with van der Waals surface area (Å²) in [7, 11) is 2.18. The monoisotopic (exact) mass is 223 g/mol. The van der Waals surface area contributed by atoms with Crippen molar-refractivity contribution in [3.8, 4) is 0 Å². The molecule has 3 heteroatoms. The number of hydrogen-bond acceptors (Lipinski definition) is 3. The Morgan fingerprint density at radius 3 is 3.12 bits per heavy atom. The average Bonchev–Trinajstić information content (AvgIpc) is 3.06. The second-order valence-corrected chi connectivity index (χ2v) is 5.29. The maximum absolute atomic E-state index is 3.62. The SMILES string of the molecule is CN1C=C2C=Cc3cccc4c3N2C1C1NC41. The van der Waals surface area contributed by atoms with E-state index in [9.17, 15) is 0 Å². The molecule has 0 aliphatic carbocycles. The highest BCUT2D eigenvalue weighted by atomic mass is 15.5. The minimum atomic E-state index is 0.466. The lowest BCUT2D eigenvalue weighted by Gasteiger charge is -2.38. The number of anilines is 1. The number of likely N-dealkylation sites (N-methyl/N-ethyl adjacent to an activating group) is 1. The molecule has 0 radical (unpaired) electrons. The molecular formula is C14H13N3. The first-order valence-corrected chi connectivity index (χ1v) is 6.15. The molecule has 17 heavy (non-hydrogen) atoms. The van der Waals surface area contributed by atoms with Crippen molar-refractivity contribution in [3.63, 3.8) is 0 Å². The van der Waals surface area contributed by atoms with Gasteiger partial charge >= 0.3 is 0 Å². The molecule has 4 aliphatic rings. The standard InChI is InChI=1S/C14H13N3/c1-16-7-9-6-5-8-3-2-4-10-11-12(15-11)14(16)17(9)13(8)10/h2-7,11-12,14-15H,1H3. The highest BCUT2D eigenvalue weighted by molar-refractivity contribution is 5.82. The van der Waals surface area contributed by atoms with Crippen LogP contribution in [0.5, 0.6) is 0 Å². The second kappa shape index (κ2) is 2.41. The summed E-state index contributed by atoms with van der Waals surface area (Å²) in [5.41, 5.74) is 5.56. The topological polar surface area (TPSA) is 28.4 Å². The summed E-state index contributed by atoms with van der Waals surface area (Å²) in [6, 6.07) is 7.80. The summed E-state index contributed by atoms with van der Waals surface area (Å²) in [6.07, 6.45) is 7.18. The Labute approximate surface area is 100 Å². The zero-order valence-electron chi connectivity index (χ0n) is 9.59. The van der Waals surface area contributed by atoms with E-state index in [1.807, 2.05) is 0 Å². The van der Waals surface area contributed by atoms with Crippen LogP contribution in [0.2, 0.25) is 0 Å². The third-order valence-electron chi connectivity index (χ3n) is 4.35. The summed E-state index contributed by atoms with van der Waals surface area (Å²) < 4.78 is 0. The van der Waals surface area contributed by atoms with E-state index in [-0.39, 0.29) is 0 Å². The number of hydrogen-bond donors (Lipinski definition) is 1. The number of nitrogens with zero attached hydrogens (tertiary/aromatic N) is 2. The molecule has 0 amide bonds. The number of allylic oxidation sites excluding steroid dienone is 1. The van der Waals surface area contributed by atoms with Gasteiger partial charge in [0.15, 0.2) is 0 Å². The van der Waals surface area contributed by atoms with E-state index in [0.717, 1.165) is 0 Å². The van der Waals surface area contributed by atoms with E-state index in [4.69, 9.17) is 0 Å². The van der Waals surface area contributed by atoms with Crippen molar-refractivity contribution in [1.29, 1.82) is 0 Å². The van der Waals surface area contributed by atoms with E-state index in [2.05, 4.69) is 58.7 Å². The van der Waals surface area contributed by atoms with E-state index in [1.165, 1.54) is 22.5 Å². The Morgan fingerprint density at radius 2 is 2.18 bits per heavy atom. The van der Waals surface area contributed by atoms with E-state index in [1.54, 1.807) is 0 Å². The number of nitrogens with one attached hydrogen (secondary N) is 1. The summed E-state index contributed by atoms with van der Waals surface area (Å²) >= 11 is 0. The van der Waals surface area contributed by atoms with Gasteiger partial charge in [-0.3, -0.25) is 0 Å². The Morgan fingerprint density at radius 1 is 1.24 bits per heavy atom. The van der Waals surface area contributed by atoms with E-state index < -0.39 is 0 Å². The summed E-state index contributed by atoms with van der Waals surface area (Å²) in [5, 5.41) is 3.62.